The lowest BCUT2D eigenvalue weighted by molar-refractivity contribution is 0.552. The molecule has 0 atom stereocenters. The van der Waals surface area contributed by atoms with E-state index in [9.17, 15) is 4.79 Å². The van der Waals surface area contributed by atoms with Crippen molar-refractivity contribution < 1.29 is 4.42 Å². The number of aromatic nitrogens is 2. The Labute approximate surface area is 106 Å². The van der Waals surface area contributed by atoms with E-state index >= 15 is 0 Å². The lowest BCUT2D eigenvalue weighted by atomic mass is 10.2. The zero-order valence-corrected chi connectivity index (χ0v) is 9.89. The zero-order chi connectivity index (χ0) is 12.7. The molecule has 6 heteroatoms. The summed E-state index contributed by atoms with van der Waals surface area (Å²) in [5.41, 5.74) is 6.43. The van der Waals surface area contributed by atoms with Gasteiger partial charge in [0.05, 0.1) is 11.2 Å². The van der Waals surface area contributed by atoms with Crippen molar-refractivity contribution in [3.63, 3.8) is 0 Å². The summed E-state index contributed by atoms with van der Waals surface area (Å²) in [6.45, 7) is 0. The van der Waals surface area contributed by atoms with E-state index in [0.717, 1.165) is 5.39 Å². The van der Waals surface area contributed by atoms with E-state index in [1.807, 2.05) is 0 Å². The molecule has 0 saturated heterocycles. The predicted octanol–water partition coefficient (Wildman–Crippen LogP) is 2.21. The molecule has 90 valence electrons. The number of fused-ring (bicyclic) bond motifs is 1. The number of hydrogen-bond acceptors (Lipinski definition) is 4. The second-order valence-corrected chi connectivity index (χ2v) is 4.26. The van der Waals surface area contributed by atoms with Crippen LogP contribution in [0.4, 0.5) is 5.69 Å². The second kappa shape index (κ2) is 3.89. The van der Waals surface area contributed by atoms with E-state index < -0.39 is 5.63 Å². The predicted molar refractivity (Wildman–Crippen MR) is 69.0 cm³/mol. The Hall–Kier alpha value is -2.27. The molecule has 2 N–H and O–H groups in total. The second-order valence-electron chi connectivity index (χ2n) is 3.82. The molecule has 18 heavy (non-hydrogen) atoms. The highest BCUT2D eigenvalue weighted by Crippen LogP contribution is 2.18. The van der Waals surface area contributed by atoms with E-state index in [4.69, 9.17) is 21.8 Å². The standard InChI is InChI=1S/C12H8ClN3O2/c13-8-5-15-16(6-8)10-3-7-1-2-9(14)4-11(7)18-12(10)17/h1-6H,14H2. The van der Waals surface area contributed by atoms with Gasteiger partial charge in [0, 0.05) is 23.3 Å². The van der Waals surface area contributed by atoms with Crippen molar-refractivity contribution in [3.05, 3.63) is 52.1 Å². The molecule has 3 rings (SSSR count). The fraction of sp³-hybridized carbons (Fsp3) is 0. The van der Waals surface area contributed by atoms with Crippen molar-refractivity contribution in [2.24, 2.45) is 0 Å². The Kier molecular flexibility index (Phi) is 2.34. The van der Waals surface area contributed by atoms with Crippen molar-refractivity contribution in [2.75, 3.05) is 5.73 Å². The molecule has 2 heterocycles. The highest BCUT2D eigenvalue weighted by atomic mass is 35.5. The van der Waals surface area contributed by atoms with Crippen LogP contribution in [0.3, 0.4) is 0 Å². The minimum absolute atomic E-state index is 0.305. The number of nitrogens with two attached hydrogens (primary N) is 1. The van der Waals surface area contributed by atoms with Gasteiger partial charge in [0.15, 0.2) is 5.69 Å². The first-order chi connectivity index (χ1) is 8.63. The maximum atomic E-state index is 11.8. The van der Waals surface area contributed by atoms with Gasteiger partial charge in [0.25, 0.3) is 0 Å². The molecule has 1 aromatic carbocycles. The third-order valence-corrected chi connectivity index (χ3v) is 2.73. The number of nitrogen functional groups attached to an aromatic ring is 1. The Morgan fingerprint density at radius 3 is 2.89 bits per heavy atom. The van der Waals surface area contributed by atoms with E-state index in [2.05, 4.69) is 5.10 Å². The summed E-state index contributed by atoms with van der Waals surface area (Å²) in [7, 11) is 0. The molecule has 3 aromatic rings. The van der Waals surface area contributed by atoms with Gasteiger partial charge in [0.2, 0.25) is 0 Å². The Balaban J connectivity index is 2.28. The van der Waals surface area contributed by atoms with Crippen LogP contribution in [0.2, 0.25) is 5.02 Å². The van der Waals surface area contributed by atoms with Crippen molar-refractivity contribution in [2.45, 2.75) is 0 Å². The minimum Gasteiger partial charge on any atom is -0.421 e. The SMILES string of the molecule is Nc1ccc2cc(-n3cc(Cl)cn3)c(=O)oc2c1. The van der Waals surface area contributed by atoms with Gasteiger partial charge in [0.1, 0.15) is 5.58 Å². The summed E-state index contributed by atoms with van der Waals surface area (Å²) in [4.78, 5) is 11.8. The Bertz CT molecular complexity index is 791. The van der Waals surface area contributed by atoms with Crippen LogP contribution in [0, 0.1) is 0 Å². The number of halogens is 1. The topological polar surface area (TPSA) is 74.1 Å². The normalized spacial score (nSPS) is 10.9. The van der Waals surface area contributed by atoms with Crippen LogP contribution in [0.25, 0.3) is 16.7 Å². The van der Waals surface area contributed by atoms with Crippen molar-refractivity contribution in [1.29, 1.82) is 0 Å². The van der Waals surface area contributed by atoms with Crippen molar-refractivity contribution in [3.8, 4) is 5.69 Å². The molecule has 0 amide bonds. The molecule has 0 bridgehead atoms. The first-order valence-electron chi connectivity index (χ1n) is 5.17. The average Bonchev–Trinajstić information content (AvgIpc) is 2.74. The van der Waals surface area contributed by atoms with Crippen molar-refractivity contribution in [1.82, 2.24) is 9.78 Å². The van der Waals surface area contributed by atoms with Gasteiger partial charge in [-0.25, -0.2) is 9.48 Å². The minimum atomic E-state index is -0.493. The molecule has 0 saturated carbocycles. The maximum absolute atomic E-state index is 11.8. The van der Waals surface area contributed by atoms with E-state index in [1.54, 1.807) is 24.3 Å². The van der Waals surface area contributed by atoms with Crippen LogP contribution in [0.15, 0.2) is 45.9 Å². The molecule has 2 aromatic heterocycles. The van der Waals surface area contributed by atoms with Gasteiger partial charge in [-0.05, 0) is 18.2 Å². The molecule has 0 aliphatic carbocycles. The third kappa shape index (κ3) is 1.74. The summed E-state index contributed by atoms with van der Waals surface area (Å²) >= 11 is 5.77. The lowest BCUT2D eigenvalue weighted by Gasteiger charge is -2.02. The molecule has 0 aliphatic heterocycles. The largest absolute Gasteiger partial charge is 0.421 e. The zero-order valence-electron chi connectivity index (χ0n) is 9.13. The van der Waals surface area contributed by atoms with Gasteiger partial charge < -0.3 is 10.2 Å². The fourth-order valence-corrected chi connectivity index (χ4v) is 1.85. The summed E-state index contributed by atoms with van der Waals surface area (Å²) in [5, 5.41) is 5.19. The molecule has 0 radical (unpaired) electrons. The lowest BCUT2D eigenvalue weighted by Crippen LogP contribution is -2.10. The molecular formula is C12H8ClN3O2. The van der Waals surface area contributed by atoms with Gasteiger partial charge in [-0.2, -0.15) is 5.10 Å². The molecule has 0 spiro atoms. The van der Waals surface area contributed by atoms with Crippen LogP contribution >= 0.6 is 11.6 Å². The molecule has 0 unspecified atom stereocenters. The number of rotatable bonds is 1. The average molecular weight is 262 g/mol. The number of nitrogens with zero attached hydrogens (tertiary/aromatic N) is 2. The highest BCUT2D eigenvalue weighted by molar-refractivity contribution is 6.30. The number of anilines is 1. The van der Waals surface area contributed by atoms with Crippen LogP contribution in [-0.4, -0.2) is 9.78 Å². The first kappa shape index (κ1) is 10.9. The fourth-order valence-electron chi connectivity index (χ4n) is 1.71. The van der Waals surface area contributed by atoms with E-state index in [0.29, 0.717) is 22.0 Å². The number of benzene rings is 1. The van der Waals surface area contributed by atoms with Gasteiger partial charge >= 0.3 is 5.63 Å². The van der Waals surface area contributed by atoms with Crippen LogP contribution in [0.1, 0.15) is 0 Å². The van der Waals surface area contributed by atoms with Gasteiger partial charge in [-0.1, -0.05) is 11.6 Å². The first-order valence-corrected chi connectivity index (χ1v) is 5.55. The smallest absolute Gasteiger partial charge is 0.362 e. The summed E-state index contributed by atoms with van der Waals surface area (Å²) < 4.78 is 6.58. The molecular weight excluding hydrogens is 254 g/mol. The van der Waals surface area contributed by atoms with Crippen LogP contribution < -0.4 is 11.4 Å². The molecule has 5 nitrogen and oxygen atoms in total. The van der Waals surface area contributed by atoms with Gasteiger partial charge in [-0.3, -0.25) is 0 Å². The molecule has 0 aliphatic rings. The summed E-state index contributed by atoms with van der Waals surface area (Å²) in [6.07, 6.45) is 2.99. The summed E-state index contributed by atoms with van der Waals surface area (Å²) in [5.74, 6) is 0. The van der Waals surface area contributed by atoms with E-state index in [-0.39, 0.29) is 0 Å². The van der Waals surface area contributed by atoms with Gasteiger partial charge in [-0.15, -0.1) is 0 Å². The maximum Gasteiger partial charge on any atom is 0.362 e. The monoisotopic (exact) mass is 261 g/mol. The van der Waals surface area contributed by atoms with Crippen LogP contribution in [-0.2, 0) is 0 Å². The van der Waals surface area contributed by atoms with Crippen molar-refractivity contribution >= 4 is 28.3 Å². The Morgan fingerprint density at radius 2 is 2.17 bits per heavy atom. The highest BCUT2D eigenvalue weighted by Gasteiger charge is 2.08. The Morgan fingerprint density at radius 1 is 1.33 bits per heavy atom. The number of hydrogen-bond donors (Lipinski definition) is 1. The summed E-state index contributed by atoms with van der Waals surface area (Å²) in [6, 6.07) is 6.81. The molecule has 0 fully saturated rings. The third-order valence-electron chi connectivity index (χ3n) is 2.54. The van der Waals surface area contributed by atoms with Crippen LogP contribution in [0.5, 0.6) is 0 Å². The quantitative estimate of drug-likeness (QED) is 0.538. The van der Waals surface area contributed by atoms with E-state index in [1.165, 1.54) is 17.1 Å².